The van der Waals surface area contributed by atoms with Crippen molar-refractivity contribution in [2.24, 2.45) is 0 Å². The topological polar surface area (TPSA) is 88.5 Å². The van der Waals surface area contributed by atoms with Crippen LogP contribution in [0.3, 0.4) is 0 Å². The van der Waals surface area contributed by atoms with Gasteiger partial charge in [0.25, 0.3) is 5.91 Å². The van der Waals surface area contributed by atoms with Gasteiger partial charge in [-0.25, -0.2) is 9.97 Å². The maximum Gasteiger partial charge on any atom is 0.295 e. The van der Waals surface area contributed by atoms with E-state index in [0.717, 1.165) is 5.56 Å². The molecular formula is C14H14N6O. The molecule has 0 fully saturated rings. The van der Waals surface area contributed by atoms with E-state index in [1.165, 1.54) is 0 Å². The minimum absolute atomic E-state index is 0.132. The molecule has 2 N–H and O–H groups in total. The van der Waals surface area contributed by atoms with E-state index < -0.39 is 0 Å². The number of aromatic nitrogens is 5. The predicted octanol–water partition coefficient (Wildman–Crippen LogP) is 1.61. The summed E-state index contributed by atoms with van der Waals surface area (Å²) in [6.07, 6.45) is 5.38. The van der Waals surface area contributed by atoms with E-state index in [-0.39, 0.29) is 11.7 Å². The van der Waals surface area contributed by atoms with Crippen LogP contribution in [0.25, 0.3) is 0 Å². The van der Waals surface area contributed by atoms with Crippen LogP contribution in [0.4, 0.5) is 5.69 Å². The lowest BCUT2D eigenvalue weighted by Crippen LogP contribution is -2.14. The highest BCUT2D eigenvalue weighted by Crippen LogP contribution is 2.12. The fourth-order valence-electron chi connectivity index (χ4n) is 1.97. The average molecular weight is 282 g/mol. The third-order valence-electron chi connectivity index (χ3n) is 2.91. The highest BCUT2D eigenvalue weighted by Gasteiger charge is 2.11. The fraction of sp³-hybridized carbons (Fsp3) is 0.143. The molecule has 0 saturated heterocycles. The normalized spacial score (nSPS) is 10.5. The smallest absolute Gasteiger partial charge is 0.295 e. The lowest BCUT2D eigenvalue weighted by molar-refractivity contribution is 0.101. The molecule has 0 unspecified atom stereocenters. The molecular weight excluding hydrogens is 268 g/mol. The first-order valence-electron chi connectivity index (χ1n) is 6.46. The number of nitrogens with one attached hydrogen (secondary N) is 2. The molecule has 2 heterocycles. The zero-order chi connectivity index (χ0) is 14.7. The molecule has 0 radical (unpaired) electrons. The average Bonchev–Trinajstić information content (AvgIpc) is 3.11. The van der Waals surface area contributed by atoms with Gasteiger partial charge in [-0.1, -0.05) is 12.1 Å². The Bertz CT molecular complexity index is 746. The van der Waals surface area contributed by atoms with Crippen molar-refractivity contribution in [2.45, 2.75) is 13.5 Å². The molecule has 1 aromatic carbocycles. The number of anilines is 1. The first kappa shape index (κ1) is 13.0. The molecule has 0 spiro atoms. The Hall–Kier alpha value is -2.96. The third kappa shape index (κ3) is 3.14. The Morgan fingerprint density at radius 3 is 3.05 bits per heavy atom. The first-order chi connectivity index (χ1) is 10.2. The van der Waals surface area contributed by atoms with Gasteiger partial charge in [-0.3, -0.25) is 9.89 Å². The van der Waals surface area contributed by atoms with Gasteiger partial charge in [-0.15, -0.1) is 5.10 Å². The summed E-state index contributed by atoms with van der Waals surface area (Å²) in [6.45, 7) is 2.44. The van der Waals surface area contributed by atoms with Crippen molar-refractivity contribution in [3.8, 4) is 0 Å². The third-order valence-corrected chi connectivity index (χ3v) is 2.91. The molecule has 0 atom stereocenters. The Morgan fingerprint density at radius 2 is 2.33 bits per heavy atom. The number of nitrogens with zero attached hydrogens (tertiary/aromatic N) is 4. The minimum atomic E-state index is -0.334. The van der Waals surface area contributed by atoms with Gasteiger partial charge in [0.1, 0.15) is 5.82 Å². The second-order valence-corrected chi connectivity index (χ2v) is 4.63. The van der Waals surface area contributed by atoms with E-state index in [0.29, 0.717) is 18.1 Å². The van der Waals surface area contributed by atoms with Gasteiger partial charge in [-0.2, -0.15) is 0 Å². The molecule has 106 valence electrons. The summed E-state index contributed by atoms with van der Waals surface area (Å²) in [4.78, 5) is 20.0. The zero-order valence-corrected chi connectivity index (χ0v) is 11.4. The van der Waals surface area contributed by atoms with E-state index in [9.17, 15) is 4.79 Å². The van der Waals surface area contributed by atoms with E-state index >= 15 is 0 Å². The molecule has 3 aromatic rings. The van der Waals surface area contributed by atoms with Gasteiger partial charge in [0.15, 0.2) is 0 Å². The number of imidazole rings is 1. The Kier molecular flexibility index (Phi) is 3.46. The van der Waals surface area contributed by atoms with Gasteiger partial charge < -0.3 is 9.88 Å². The zero-order valence-electron chi connectivity index (χ0n) is 11.4. The first-order valence-corrected chi connectivity index (χ1v) is 6.46. The predicted molar refractivity (Wildman–Crippen MR) is 76.8 cm³/mol. The number of rotatable bonds is 4. The number of aryl methyl sites for hydroxylation is 1. The van der Waals surface area contributed by atoms with Gasteiger partial charge in [0.2, 0.25) is 5.82 Å². The summed E-state index contributed by atoms with van der Waals surface area (Å²) in [7, 11) is 0. The number of amides is 1. The summed E-state index contributed by atoms with van der Waals surface area (Å²) in [5.41, 5.74) is 1.78. The monoisotopic (exact) mass is 282 g/mol. The molecule has 7 heteroatoms. The molecule has 0 aliphatic carbocycles. The minimum Gasteiger partial charge on any atom is -0.333 e. The Labute approximate surface area is 121 Å². The summed E-state index contributed by atoms with van der Waals surface area (Å²) in [5, 5.41) is 9.26. The quantitative estimate of drug-likeness (QED) is 0.761. The van der Waals surface area contributed by atoms with E-state index in [1.807, 2.05) is 35.0 Å². The van der Waals surface area contributed by atoms with Crippen molar-refractivity contribution in [1.29, 1.82) is 0 Å². The molecule has 2 aromatic heterocycles. The van der Waals surface area contributed by atoms with Crippen LogP contribution in [0.2, 0.25) is 0 Å². The summed E-state index contributed by atoms with van der Waals surface area (Å²) >= 11 is 0. The SMILES string of the molecule is Cc1nc(C(=O)Nc2cccc(Cn3ccnc3)c2)n[nH]1. The number of benzene rings is 1. The second-order valence-electron chi connectivity index (χ2n) is 4.63. The summed E-state index contributed by atoms with van der Waals surface area (Å²) in [6, 6.07) is 7.63. The lowest BCUT2D eigenvalue weighted by Gasteiger charge is -2.06. The number of hydrogen-bond donors (Lipinski definition) is 2. The van der Waals surface area contributed by atoms with Crippen molar-refractivity contribution in [3.05, 3.63) is 60.2 Å². The van der Waals surface area contributed by atoms with Crippen LogP contribution in [0.15, 0.2) is 43.0 Å². The number of carbonyl (C=O) groups excluding carboxylic acids is 1. The molecule has 21 heavy (non-hydrogen) atoms. The molecule has 3 rings (SSSR count). The molecule has 0 saturated carbocycles. The maximum atomic E-state index is 12.0. The van der Waals surface area contributed by atoms with Crippen LogP contribution >= 0.6 is 0 Å². The molecule has 0 bridgehead atoms. The van der Waals surface area contributed by atoms with Crippen LogP contribution in [-0.4, -0.2) is 30.6 Å². The van der Waals surface area contributed by atoms with Crippen molar-refractivity contribution in [2.75, 3.05) is 5.32 Å². The number of carbonyl (C=O) groups is 1. The number of aromatic amines is 1. The van der Waals surface area contributed by atoms with Crippen LogP contribution in [0, 0.1) is 6.92 Å². The number of hydrogen-bond acceptors (Lipinski definition) is 4. The van der Waals surface area contributed by atoms with Crippen LogP contribution in [0.5, 0.6) is 0 Å². The second kappa shape index (κ2) is 5.58. The Morgan fingerprint density at radius 1 is 1.43 bits per heavy atom. The van der Waals surface area contributed by atoms with Crippen molar-refractivity contribution >= 4 is 11.6 Å². The highest BCUT2D eigenvalue weighted by atomic mass is 16.2. The van der Waals surface area contributed by atoms with Gasteiger partial charge in [0, 0.05) is 24.6 Å². The van der Waals surface area contributed by atoms with Gasteiger partial charge in [-0.05, 0) is 24.6 Å². The van der Waals surface area contributed by atoms with Crippen molar-refractivity contribution < 1.29 is 4.79 Å². The molecule has 0 aliphatic rings. The van der Waals surface area contributed by atoms with Crippen molar-refractivity contribution in [1.82, 2.24) is 24.7 Å². The maximum absolute atomic E-state index is 12.0. The van der Waals surface area contributed by atoms with Gasteiger partial charge >= 0.3 is 0 Å². The molecule has 1 amide bonds. The lowest BCUT2D eigenvalue weighted by atomic mass is 10.2. The number of H-pyrrole nitrogens is 1. The van der Waals surface area contributed by atoms with E-state index in [2.05, 4.69) is 25.5 Å². The van der Waals surface area contributed by atoms with Crippen LogP contribution < -0.4 is 5.32 Å². The fourth-order valence-corrected chi connectivity index (χ4v) is 1.97. The van der Waals surface area contributed by atoms with E-state index in [1.54, 1.807) is 19.4 Å². The van der Waals surface area contributed by atoms with Crippen LogP contribution in [0.1, 0.15) is 22.0 Å². The van der Waals surface area contributed by atoms with E-state index in [4.69, 9.17) is 0 Å². The Balaban J connectivity index is 1.72. The molecule has 7 nitrogen and oxygen atoms in total. The largest absolute Gasteiger partial charge is 0.333 e. The van der Waals surface area contributed by atoms with Crippen LogP contribution in [-0.2, 0) is 6.54 Å². The standard InChI is InChI=1S/C14H14N6O/c1-10-16-13(19-18-10)14(21)17-12-4-2-3-11(7-12)8-20-6-5-15-9-20/h2-7,9H,8H2,1H3,(H,17,21)(H,16,18,19). The van der Waals surface area contributed by atoms with Crippen molar-refractivity contribution in [3.63, 3.8) is 0 Å². The van der Waals surface area contributed by atoms with Gasteiger partial charge in [0.05, 0.1) is 6.33 Å². The highest BCUT2D eigenvalue weighted by molar-refractivity contribution is 6.01. The summed E-state index contributed by atoms with van der Waals surface area (Å²) in [5.74, 6) is 0.403. The summed E-state index contributed by atoms with van der Waals surface area (Å²) < 4.78 is 1.96. The molecule has 0 aliphatic heterocycles.